The van der Waals surface area contributed by atoms with Crippen LogP contribution in [-0.4, -0.2) is 9.97 Å². The number of nitrogens with one attached hydrogen (secondary N) is 1. The molecule has 0 spiro atoms. The molecule has 6 heteroatoms. The highest BCUT2D eigenvalue weighted by Gasteiger charge is 2.11. The summed E-state index contributed by atoms with van der Waals surface area (Å²) in [6, 6.07) is 15.8. The zero-order chi connectivity index (χ0) is 18.4. The number of aryl methyl sites for hydroxylation is 1. The van der Waals surface area contributed by atoms with E-state index in [9.17, 15) is 0 Å². The molecule has 3 aromatic rings. The molecule has 0 aliphatic heterocycles. The molecule has 0 amide bonds. The van der Waals surface area contributed by atoms with E-state index in [2.05, 4.69) is 50.3 Å². The Balaban J connectivity index is 1.73. The molecule has 1 heterocycles. The van der Waals surface area contributed by atoms with Crippen LogP contribution in [-0.2, 0) is 6.42 Å². The van der Waals surface area contributed by atoms with Gasteiger partial charge in [-0.2, -0.15) is 4.98 Å². The van der Waals surface area contributed by atoms with E-state index in [1.807, 2.05) is 36.4 Å². The van der Waals surface area contributed by atoms with Crippen LogP contribution in [0.1, 0.15) is 25.3 Å². The third kappa shape index (κ3) is 4.73. The number of halogens is 1. The molecule has 3 N–H and O–H groups in total. The lowest BCUT2D eigenvalue weighted by Gasteiger charge is -2.12. The summed E-state index contributed by atoms with van der Waals surface area (Å²) in [6.07, 6.45) is 4.92. The number of nitrogens with two attached hydrogens (primary N) is 1. The summed E-state index contributed by atoms with van der Waals surface area (Å²) in [5.41, 5.74) is 8.80. The first-order valence-corrected chi connectivity index (χ1v) is 9.35. The van der Waals surface area contributed by atoms with Gasteiger partial charge < -0.3 is 15.8 Å². The molecule has 0 aliphatic rings. The molecule has 0 bridgehead atoms. The maximum Gasteiger partial charge on any atom is 0.248 e. The minimum Gasteiger partial charge on any atom is -0.437 e. The quantitative estimate of drug-likeness (QED) is 0.520. The SMILES string of the molecule is CCCCc1ccc(Nc2ncnc(Oc3ccc(Br)cc3)c2N)cc1. The Labute approximate surface area is 161 Å². The number of nitrogen functional groups attached to an aromatic ring is 1. The summed E-state index contributed by atoms with van der Waals surface area (Å²) in [6.45, 7) is 2.20. The number of ether oxygens (including phenoxy) is 1. The van der Waals surface area contributed by atoms with E-state index >= 15 is 0 Å². The zero-order valence-electron chi connectivity index (χ0n) is 14.6. The Morgan fingerprint density at radius 2 is 1.77 bits per heavy atom. The van der Waals surface area contributed by atoms with Gasteiger partial charge in [0.1, 0.15) is 17.8 Å². The van der Waals surface area contributed by atoms with Gasteiger partial charge in [0.25, 0.3) is 0 Å². The highest BCUT2D eigenvalue weighted by atomic mass is 79.9. The van der Waals surface area contributed by atoms with E-state index in [1.165, 1.54) is 24.7 Å². The van der Waals surface area contributed by atoms with Crippen molar-refractivity contribution < 1.29 is 4.74 Å². The van der Waals surface area contributed by atoms with Gasteiger partial charge in [-0.3, -0.25) is 0 Å². The van der Waals surface area contributed by atoms with Gasteiger partial charge in [0, 0.05) is 10.2 Å². The maximum absolute atomic E-state index is 6.18. The molecule has 3 rings (SSSR count). The minimum absolute atomic E-state index is 0.324. The van der Waals surface area contributed by atoms with Crippen molar-refractivity contribution in [3.8, 4) is 11.6 Å². The third-order valence-corrected chi connectivity index (χ3v) is 4.44. The van der Waals surface area contributed by atoms with Crippen molar-refractivity contribution in [2.75, 3.05) is 11.1 Å². The fourth-order valence-electron chi connectivity index (χ4n) is 2.45. The van der Waals surface area contributed by atoms with Crippen molar-refractivity contribution in [1.82, 2.24) is 9.97 Å². The summed E-state index contributed by atoms with van der Waals surface area (Å²) >= 11 is 3.40. The summed E-state index contributed by atoms with van der Waals surface area (Å²) in [7, 11) is 0. The van der Waals surface area contributed by atoms with Crippen molar-refractivity contribution >= 4 is 33.1 Å². The molecule has 0 aliphatic carbocycles. The lowest BCUT2D eigenvalue weighted by molar-refractivity contribution is 0.464. The predicted octanol–water partition coefficient (Wildman–Crippen LogP) is 5.70. The highest BCUT2D eigenvalue weighted by molar-refractivity contribution is 9.10. The van der Waals surface area contributed by atoms with Gasteiger partial charge in [-0.1, -0.05) is 41.4 Å². The number of hydrogen-bond donors (Lipinski definition) is 2. The van der Waals surface area contributed by atoms with Crippen molar-refractivity contribution in [2.45, 2.75) is 26.2 Å². The number of hydrogen-bond acceptors (Lipinski definition) is 5. The predicted molar refractivity (Wildman–Crippen MR) is 109 cm³/mol. The van der Waals surface area contributed by atoms with E-state index < -0.39 is 0 Å². The first-order valence-electron chi connectivity index (χ1n) is 8.55. The monoisotopic (exact) mass is 412 g/mol. The summed E-state index contributed by atoms with van der Waals surface area (Å²) in [4.78, 5) is 8.36. The van der Waals surface area contributed by atoms with Crippen LogP contribution in [0, 0.1) is 0 Å². The van der Waals surface area contributed by atoms with Crippen LogP contribution in [0.5, 0.6) is 11.6 Å². The Morgan fingerprint density at radius 1 is 1.04 bits per heavy atom. The van der Waals surface area contributed by atoms with Crippen LogP contribution in [0.3, 0.4) is 0 Å². The number of anilines is 3. The van der Waals surface area contributed by atoms with Crippen molar-refractivity contribution in [1.29, 1.82) is 0 Å². The van der Waals surface area contributed by atoms with Gasteiger partial charge in [0.05, 0.1) is 0 Å². The average molecular weight is 413 g/mol. The molecular weight excluding hydrogens is 392 g/mol. The van der Waals surface area contributed by atoms with E-state index in [0.717, 1.165) is 16.6 Å². The molecule has 1 aromatic heterocycles. The Morgan fingerprint density at radius 3 is 2.46 bits per heavy atom. The zero-order valence-corrected chi connectivity index (χ0v) is 16.2. The van der Waals surface area contributed by atoms with E-state index in [0.29, 0.717) is 23.1 Å². The van der Waals surface area contributed by atoms with Gasteiger partial charge in [-0.15, -0.1) is 0 Å². The second-order valence-electron chi connectivity index (χ2n) is 5.92. The van der Waals surface area contributed by atoms with Crippen LogP contribution < -0.4 is 15.8 Å². The molecule has 0 saturated carbocycles. The first-order chi connectivity index (χ1) is 12.7. The highest BCUT2D eigenvalue weighted by Crippen LogP contribution is 2.31. The Bertz CT molecular complexity index is 851. The van der Waals surface area contributed by atoms with Crippen LogP contribution in [0.15, 0.2) is 59.3 Å². The van der Waals surface area contributed by atoms with Crippen molar-refractivity contribution in [2.24, 2.45) is 0 Å². The van der Waals surface area contributed by atoms with Crippen molar-refractivity contribution in [3.05, 3.63) is 64.9 Å². The van der Waals surface area contributed by atoms with Crippen LogP contribution >= 0.6 is 15.9 Å². The maximum atomic E-state index is 6.18. The topological polar surface area (TPSA) is 73.1 Å². The standard InChI is InChI=1S/C20H21BrN4O/c1-2-3-4-14-5-9-16(10-6-14)25-19-18(22)20(24-13-23-19)26-17-11-7-15(21)8-12-17/h5-13H,2-4,22H2,1H3,(H,23,24,25). The van der Waals surface area contributed by atoms with Gasteiger partial charge in [0.2, 0.25) is 5.88 Å². The van der Waals surface area contributed by atoms with Crippen LogP contribution in [0.2, 0.25) is 0 Å². The molecule has 2 aromatic carbocycles. The molecule has 0 fully saturated rings. The number of rotatable bonds is 7. The number of aromatic nitrogens is 2. The average Bonchev–Trinajstić information content (AvgIpc) is 2.66. The van der Waals surface area contributed by atoms with Gasteiger partial charge in [-0.25, -0.2) is 4.98 Å². The molecule has 0 radical (unpaired) electrons. The second kappa shape index (κ2) is 8.67. The molecule has 5 nitrogen and oxygen atoms in total. The van der Waals surface area contributed by atoms with Crippen LogP contribution in [0.25, 0.3) is 0 Å². The second-order valence-corrected chi connectivity index (χ2v) is 6.84. The number of unbranched alkanes of at least 4 members (excludes halogenated alkanes) is 1. The summed E-state index contributed by atoms with van der Waals surface area (Å²) in [5.74, 6) is 1.50. The third-order valence-electron chi connectivity index (χ3n) is 3.91. The lowest BCUT2D eigenvalue weighted by Crippen LogP contribution is -2.03. The van der Waals surface area contributed by atoms with E-state index in [4.69, 9.17) is 10.5 Å². The first kappa shape index (κ1) is 18.2. The van der Waals surface area contributed by atoms with Crippen LogP contribution in [0.4, 0.5) is 17.2 Å². The molecule has 0 atom stereocenters. The van der Waals surface area contributed by atoms with Crippen molar-refractivity contribution in [3.63, 3.8) is 0 Å². The van der Waals surface area contributed by atoms with Gasteiger partial charge in [-0.05, 0) is 54.8 Å². The fraction of sp³-hybridized carbons (Fsp3) is 0.200. The summed E-state index contributed by atoms with van der Waals surface area (Å²) in [5, 5.41) is 3.23. The number of benzene rings is 2. The van der Waals surface area contributed by atoms with E-state index in [-0.39, 0.29) is 0 Å². The largest absolute Gasteiger partial charge is 0.437 e. The lowest BCUT2D eigenvalue weighted by atomic mass is 10.1. The minimum atomic E-state index is 0.324. The van der Waals surface area contributed by atoms with E-state index in [1.54, 1.807) is 0 Å². The molecule has 134 valence electrons. The normalized spacial score (nSPS) is 10.5. The number of nitrogens with zero attached hydrogens (tertiary/aromatic N) is 2. The summed E-state index contributed by atoms with van der Waals surface area (Å²) < 4.78 is 6.75. The van der Waals surface area contributed by atoms with Gasteiger partial charge in [0.15, 0.2) is 5.82 Å². The Hall–Kier alpha value is -2.60. The molecule has 0 unspecified atom stereocenters. The Kier molecular flexibility index (Phi) is 6.07. The molecule has 26 heavy (non-hydrogen) atoms. The smallest absolute Gasteiger partial charge is 0.248 e. The molecular formula is C20H21BrN4O. The molecule has 0 saturated heterocycles. The fourth-order valence-corrected chi connectivity index (χ4v) is 2.71. The van der Waals surface area contributed by atoms with Gasteiger partial charge >= 0.3 is 0 Å².